The fourth-order valence-electron chi connectivity index (χ4n) is 2.75. The minimum Gasteiger partial charge on any atom is -0.356 e. The molecule has 1 atom stereocenters. The van der Waals surface area contributed by atoms with Gasteiger partial charge in [0.25, 0.3) is 0 Å². The third kappa shape index (κ3) is 3.12. The Hall–Kier alpha value is -1.55. The molecule has 0 N–H and O–H groups in total. The largest absolute Gasteiger partial charge is 0.356 e. The molecule has 2 aromatic heterocycles. The summed E-state index contributed by atoms with van der Waals surface area (Å²) in [5, 5.41) is 1.10. The maximum absolute atomic E-state index is 4.69. The predicted molar refractivity (Wildman–Crippen MR) is 84.3 cm³/mol. The molecular weight excluding hydrogens is 266 g/mol. The van der Waals surface area contributed by atoms with Crippen LogP contribution in [-0.2, 0) is 6.42 Å². The molecule has 0 radical (unpaired) electrons. The molecule has 20 heavy (non-hydrogen) atoms. The second-order valence-electron chi connectivity index (χ2n) is 5.20. The summed E-state index contributed by atoms with van der Waals surface area (Å²) in [5.74, 6) is 1.82. The van der Waals surface area contributed by atoms with Crippen LogP contribution >= 0.6 is 11.8 Å². The van der Waals surface area contributed by atoms with Gasteiger partial charge in [0.1, 0.15) is 5.82 Å². The molecule has 1 aliphatic heterocycles. The maximum Gasteiger partial charge on any atom is 0.129 e. The average Bonchev–Trinajstić information content (AvgIpc) is 2.97. The van der Waals surface area contributed by atoms with E-state index < -0.39 is 0 Å². The first-order valence-electron chi connectivity index (χ1n) is 7.00. The highest BCUT2D eigenvalue weighted by atomic mass is 32.2. The Morgan fingerprint density at radius 3 is 3.05 bits per heavy atom. The minimum atomic E-state index is 0.707. The number of anilines is 1. The van der Waals surface area contributed by atoms with E-state index >= 15 is 0 Å². The van der Waals surface area contributed by atoms with Crippen molar-refractivity contribution in [2.75, 3.05) is 24.2 Å². The van der Waals surface area contributed by atoms with Gasteiger partial charge in [0.2, 0.25) is 0 Å². The van der Waals surface area contributed by atoms with Crippen molar-refractivity contribution in [2.24, 2.45) is 5.92 Å². The minimum absolute atomic E-state index is 0.707. The Morgan fingerprint density at radius 1 is 1.30 bits per heavy atom. The van der Waals surface area contributed by atoms with Crippen LogP contribution in [-0.4, -0.2) is 29.3 Å². The van der Waals surface area contributed by atoms with E-state index in [1.807, 2.05) is 18.5 Å². The van der Waals surface area contributed by atoms with Crippen molar-refractivity contribution in [3.63, 3.8) is 0 Å². The molecule has 1 aliphatic rings. The summed E-state index contributed by atoms with van der Waals surface area (Å²) in [6.07, 6.45) is 8.24. The number of aromatic nitrogens is 2. The Labute approximate surface area is 124 Å². The molecule has 4 heteroatoms. The van der Waals surface area contributed by atoms with Gasteiger partial charge in [0.15, 0.2) is 0 Å². The van der Waals surface area contributed by atoms with Crippen LogP contribution < -0.4 is 4.90 Å². The van der Waals surface area contributed by atoms with Crippen molar-refractivity contribution in [3.05, 3.63) is 48.3 Å². The highest BCUT2D eigenvalue weighted by Crippen LogP contribution is 2.26. The topological polar surface area (TPSA) is 29.0 Å². The number of rotatable bonds is 4. The van der Waals surface area contributed by atoms with Crippen LogP contribution in [0.2, 0.25) is 0 Å². The van der Waals surface area contributed by atoms with Crippen LogP contribution in [0.15, 0.2) is 47.8 Å². The van der Waals surface area contributed by atoms with E-state index in [1.54, 1.807) is 11.8 Å². The van der Waals surface area contributed by atoms with Crippen LogP contribution in [0.1, 0.15) is 12.0 Å². The molecular formula is C16H19N3S. The lowest BCUT2D eigenvalue weighted by Gasteiger charge is -2.18. The number of nitrogens with zero attached hydrogens (tertiary/aromatic N) is 3. The van der Waals surface area contributed by atoms with Crippen molar-refractivity contribution in [2.45, 2.75) is 17.9 Å². The van der Waals surface area contributed by atoms with Crippen LogP contribution in [0.4, 0.5) is 5.82 Å². The van der Waals surface area contributed by atoms with E-state index in [-0.39, 0.29) is 0 Å². The summed E-state index contributed by atoms with van der Waals surface area (Å²) in [6.45, 7) is 2.20. The molecule has 0 aromatic carbocycles. The van der Waals surface area contributed by atoms with Gasteiger partial charge < -0.3 is 4.90 Å². The van der Waals surface area contributed by atoms with Gasteiger partial charge in [-0.3, -0.25) is 4.98 Å². The van der Waals surface area contributed by atoms with Gasteiger partial charge in [-0.25, -0.2) is 4.98 Å². The number of thioether (sulfide) groups is 1. The molecule has 1 fully saturated rings. The van der Waals surface area contributed by atoms with E-state index in [1.165, 1.54) is 12.0 Å². The van der Waals surface area contributed by atoms with Crippen molar-refractivity contribution in [3.8, 4) is 0 Å². The summed E-state index contributed by atoms with van der Waals surface area (Å²) < 4.78 is 0. The van der Waals surface area contributed by atoms with E-state index in [9.17, 15) is 0 Å². The molecule has 0 aliphatic carbocycles. The summed E-state index contributed by atoms with van der Waals surface area (Å²) in [5.41, 5.74) is 1.34. The maximum atomic E-state index is 4.69. The normalized spacial score (nSPS) is 18.4. The van der Waals surface area contributed by atoms with Crippen molar-refractivity contribution in [1.29, 1.82) is 0 Å². The third-order valence-corrected chi connectivity index (χ3v) is 4.42. The Balaban J connectivity index is 1.64. The molecule has 3 heterocycles. The molecule has 0 spiro atoms. The second kappa shape index (κ2) is 6.27. The monoisotopic (exact) mass is 285 g/mol. The first-order valence-corrected chi connectivity index (χ1v) is 8.22. The van der Waals surface area contributed by atoms with Gasteiger partial charge >= 0.3 is 0 Å². The highest BCUT2D eigenvalue weighted by molar-refractivity contribution is 7.98. The lowest BCUT2D eigenvalue weighted by atomic mass is 10.0. The number of hydrogen-bond acceptors (Lipinski definition) is 4. The van der Waals surface area contributed by atoms with E-state index in [0.717, 1.165) is 30.4 Å². The first-order chi connectivity index (χ1) is 9.85. The molecule has 0 amide bonds. The van der Waals surface area contributed by atoms with Gasteiger partial charge in [0, 0.05) is 25.5 Å². The fraction of sp³-hybridized carbons (Fsp3) is 0.375. The molecule has 2 aromatic rings. The highest BCUT2D eigenvalue weighted by Gasteiger charge is 2.23. The van der Waals surface area contributed by atoms with Gasteiger partial charge in [-0.05, 0) is 48.8 Å². The van der Waals surface area contributed by atoms with Gasteiger partial charge in [-0.15, -0.1) is 11.8 Å². The van der Waals surface area contributed by atoms with Crippen LogP contribution in [0, 0.1) is 5.92 Å². The Kier molecular flexibility index (Phi) is 4.21. The summed E-state index contributed by atoms with van der Waals surface area (Å²) >= 11 is 1.70. The summed E-state index contributed by atoms with van der Waals surface area (Å²) in [6, 6.07) is 10.5. The summed E-state index contributed by atoms with van der Waals surface area (Å²) in [7, 11) is 0. The van der Waals surface area contributed by atoms with E-state index in [0.29, 0.717) is 5.92 Å². The molecule has 0 saturated carbocycles. The molecule has 1 saturated heterocycles. The van der Waals surface area contributed by atoms with Crippen LogP contribution in [0.5, 0.6) is 0 Å². The first kappa shape index (κ1) is 13.4. The second-order valence-corrected chi connectivity index (χ2v) is 6.03. The molecule has 3 rings (SSSR count). The Morgan fingerprint density at radius 2 is 2.25 bits per heavy atom. The van der Waals surface area contributed by atoms with Crippen LogP contribution in [0.3, 0.4) is 0 Å². The van der Waals surface area contributed by atoms with Crippen molar-refractivity contribution >= 4 is 17.6 Å². The number of pyridine rings is 2. The Bertz CT molecular complexity index is 559. The van der Waals surface area contributed by atoms with E-state index in [4.69, 9.17) is 4.98 Å². The SMILES string of the molecule is CSc1cccc(N2CCC(Cc3cccnc3)C2)n1. The lowest BCUT2D eigenvalue weighted by Crippen LogP contribution is -2.21. The standard InChI is InChI=1S/C16H19N3S/c1-20-16-6-2-5-15(18-16)19-9-7-14(12-19)10-13-4-3-8-17-11-13/h2-6,8,11,14H,7,9-10,12H2,1H3. The van der Waals surface area contributed by atoms with Crippen molar-refractivity contribution in [1.82, 2.24) is 9.97 Å². The summed E-state index contributed by atoms with van der Waals surface area (Å²) in [4.78, 5) is 11.3. The zero-order valence-corrected chi connectivity index (χ0v) is 12.5. The van der Waals surface area contributed by atoms with E-state index in [2.05, 4.69) is 40.4 Å². The lowest BCUT2D eigenvalue weighted by molar-refractivity contribution is 0.585. The zero-order valence-electron chi connectivity index (χ0n) is 11.7. The van der Waals surface area contributed by atoms with Gasteiger partial charge in [-0.1, -0.05) is 12.1 Å². The zero-order chi connectivity index (χ0) is 13.8. The quantitative estimate of drug-likeness (QED) is 0.806. The predicted octanol–water partition coefficient (Wildman–Crippen LogP) is 3.27. The van der Waals surface area contributed by atoms with Gasteiger partial charge in [-0.2, -0.15) is 0 Å². The average molecular weight is 285 g/mol. The van der Waals surface area contributed by atoms with Crippen molar-refractivity contribution < 1.29 is 0 Å². The molecule has 1 unspecified atom stereocenters. The fourth-order valence-corrected chi connectivity index (χ4v) is 3.15. The molecule has 3 nitrogen and oxygen atoms in total. The number of hydrogen-bond donors (Lipinski definition) is 0. The molecule has 104 valence electrons. The molecule has 0 bridgehead atoms. The van der Waals surface area contributed by atoms with Gasteiger partial charge in [0.05, 0.1) is 5.03 Å². The smallest absolute Gasteiger partial charge is 0.129 e. The van der Waals surface area contributed by atoms with Crippen LogP contribution in [0.25, 0.3) is 0 Å². The third-order valence-electron chi connectivity index (χ3n) is 3.77.